The Bertz CT molecular complexity index is 192. The summed E-state index contributed by atoms with van der Waals surface area (Å²) in [6.45, 7) is 3.80. The van der Waals surface area contributed by atoms with Gasteiger partial charge in [0.1, 0.15) is 0 Å². The van der Waals surface area contributed by atoms with E-state index in [1.54, 1.807) is 13.4 Å². The van der Waals surface area contributed by atoms with Gasteiger partial charge < -0.3 is 19.9 Å². The van der Waals surface area contributed by atoms with E-state index in [9.17, 15) is 9.32 Å². The SMILES string of the molecule is COCC(C)OCC(O)CNCCS(C)=O. The van der Waals surface area contributed by atoms with Gasteiger partial charge in [0, 0.05) is 43.0 Å². The highest BCUT2D eigenvalue weighted by atomic mass is 32.2. The molecule has 0 amide bonds. The van der Waals surface area contributed by atoms with E-state index in [1.165, 1.54) is 0 Å². The molecule has 0 bridgehead atoms. The van der Waals surface area contributed by atoms with E-state index in [-0.39, 0.29) is 12.7 Å². The average molecular weight is 253 g/mol. The minimum absolute atomic E-state index is 0.0113. The Morgan fingerprint density at radius 2 is 2.12 bits per heavy atom. The Morgan fingerprint density at radius 1 is 1.44 bits per heavy atom. The highest BCUT2D eigenvalue weighted by Crippen LogP contribution is 1.93. The lowest BCUT2D eigenvalue weighted by Crippen LogP contribution is -2.34. The quantitative estimate of drug-likeness (QED) is 0.507. The van der Waals surface area contributed by atoms with Crippen molar-refractivity contribution in [3.8, 4) is 0 Å². The van der Waals surface area contributed by atoms with Crippen LogP contribution >= 0.6 is 0 Å². The van der Waals surface area contributed by atoms with Gasteiger partial charge in [-0.25, -0.2) is 0 Å². The van der Waals surface area contributed by atoms with E-state index in [4.69, 9.17) is 9.47 Å². The third-order valence-electron chi connectivity index (χ3n) is 1.92. The number of hydrogen-bond donors (Lipinski definition) is 2. The zero-order valence-electron chi connectivity index (χ0n) is 10.3. The van der Waals surface area contributed by atoms with Crippen LogP contribution in [0.2, 0.25) is 0 Å². The molecule has 0 rings (SSSR count). The van der Waals surface area contributed by atoms with Crippen LogP contribution in [0, 0.1) is 0 Å². The summed E-state index contributed by atoms with van der Waals surface area (Å²) in [5.74, 6) is 0.605. The predicted octanol–water partition coefficient (Wildman–Crippen LogP) is -0.633. The predicted molar refractivity (Wildman–Crippen MR) is 65.1 cm³/mol. The van der Waals surface area contributed by atoms with Crippen LogP contribution in [0.5, 0.6) is 0 Å². The first-order chi connectivity index (χ1) is 7.56. The highest BCUT2D eigenvalue weighted by molar-refractivity contribution is 7.84. The zero-order valence-corrected chi connectivity index (χ0v) is 11.1. The van der Waals surface area contributed by atoms with Crippen molar-refractivity contribution < 1.29 is 18.8 Å². The van der Waals surface area contributed by atoms with Gasteiger partial charge in [-0.3, -0.25) is 4.21 Å². The van der Waals surface area contributed by atoms with Crippen molar-refractivity contribution in [2.45, 2.75) is 19.1 Å². The maximum atomic E-state index is 10.7. The Balaban J connectivity index is 3.37. The minimum Gasteiger partial charge on any atom is -0.389 e. The Morgan fingerprint density at radius 3 is 2.69 bits per heavy atom. The van der Waals surface area contributed by atoms with Gasteiger partial charge in [0.15, 0.2) is 0 Å². The molecular formula is C10H23NO4S. The van der Waals surface area contributed by atoms with Gasteiger partial charge >= 0.3 is 0 Å². The van der Waals surface area contributed by atoms with Crippen LogP contribution in [0.25, 0.3) is 0 Å². The van der Waals surface area contributed by atoms with Gasteiger partial charge in [0.25, 0.3) is 0 Å². The second-order valence-electron chi connectivity index (χ2n) is 3.73. The number of ether oxygens (including phenoxy) is 2. The molecule has 0 fully saturated rings. The lowest BCUT2D eigenvalue weighted by Gasteiger charge is -2.16. The molecule has 0 radical (unpaired) electrons. The standard InChI is InChI=1S/C10H23NO4S/c1-9(7-14-2)15-8-10(12)6-11-4-5-16(3)13/h9-12H,4-8H2,1-3H3. The summed E-state index contributed by atoms with van der Waals surface area (Å²) in [5, 5.41) is 12.5. The van der Waals surface area contributed by atoms with Crippen LogP contribution in [0.15, 0.2) is 0 Å². The molecule has 0 heterocycles. The number of nitrogens with one attached hydrogen (secondary N) is 1. The molecule has 2 N–H and O–H groups in total. The van der Waals surface area contributed by atoms with Gasteiger partial charge in [-0.2, -0.15) is 0 Å². The zero-order chi connectivity index (χ0) is 12.4. The molecule has 6 heteroatoms. The fraction of sp³-hybridized carbons (Fsp3) is 1.00. The monoisotopic (exact) mass is 253 g/mol. The van der Waals surface area contributed by atoms with Crippen molar-refractivity contribution in [2.75, 3.05) is 45.4 Å². The Labute approximate surface area is 100.0 Å². The average Bonchev–Trinajstić information content (AvgIpc) is 2.22. The summed E-state index contributed by atoms with van der Waals surface area (Å²) in [7, 11) is 0.828. The Kier molecular flexibility index (Phi) is 10.2. The minimum atomic E-state index is -0.786. The van der Waals surface area contributed by atoms with E-state index in [1.807, 2.05) is 6.92 Å². The largest absolute Gasteiger partial charge is 0.389 e. The van der Waals surface area contributed by atoms with E-state index in [0.717, 1.165) is 0 Å². The van der Waals surface area contributed by atoms with Gasteiger partial charge in [-0.15, -0.1) is 0 Å². The molecule has 0 saturated carbocycles. The number of rotatable bonds is 10. The summed E-state index contributed by atoms with van der Waals surface area (Å²) in [6.07, 6.45) is 1.11. The summed E-state index contributed by atoms with van der Waals surface area (Å²) >= 11 is 0. The molecule has 16 heavy (non-hydrogen) atoms. The molecule has 0 saturated heterocycles. The van der Waals surface area contributed by atoms with E-state index < -0.39 is 16.9 Å². The molecule has 0 aromatic carbocycles. The first-order valence-electron chi connectivity index (χ1n) is 5.35. The highest BCUT2D eigenvalue weighted by Gasteiger charge is 2.07. The number of hydrogen-bond acceptors (Lipinski definition) is 5. The number of aliphatic hydroxyl groups excluding tert-OH is 1. The van der Waals surface area contributed by atoms with Gasteiger partial charge in [-0.05, 0) is 6.92 Å². The Hall–Kier alpha value is -0.0100. The topological polar surface area (TPSA) is 67.8 Å². The molecule has 98 valence electrons. The van der Waals surface area contributed by atoms with Crippen LogP contribution < -0.4 is 5.32 Å². The summed E-state index contributed by atoms with van der Waals surface area (Å²) in [6, 6.07) is 0. The second-order valence-corrected chi connectivity index (χ2v) is 5.29. The molecule has 0 spiro atoms. The molecule has 3 unspecified atom stereocenters. The summed E-state index contributed by atoms with van der Waals surface area (Å²) in [5.41, 5.74) is 0. The fourth-order valence-corrected chi connectivity index (χ4v) is 1.53. The lowest BCUT2D eigenvalue weighted by atomic mass is 10.3. The molecule has 0 aliphatic rings. The summed E-state index contributed by atoms with van der Waals surface area (Å²) in [4.78, 5) is 0. The van der Waals surface area contributed by atoms with E-state index in [0.29, 0.717) is 25.4 Å². The third kappa shape index (κ3) is 10.5. The fourth-order valence-electron chi connectivity index (χ4n) is 1.10. The molecule has 5 nitrogen and oxygen atoms in total. The maximum Gasteiger partial charge on any atom is 0.0897 e. The van der Waals surface area contributed by atoms with Crippen molar-refractivity contribution in [1.29, 1.82) is 0 Å². The van der Waals surface area contributed by atoms with Crippen LogP contribution in [-0.2, 0) is 20.3 Å². The van der Waals surface area contributed by atoms with E-state index in [2.05, 4.69) is 5.32 Å². The molecule has 0 aliphatic heterocycles. The van der Waals surface area contributed by atoms with Crippen molar-refractivity contribution >= 4 is 10.8 Å². The molecule has 0 aromatic rings. The number of methoxy groups -OCH3 is 1. The van der Waals surface area contributed by atoms with Gasteiger partial charge in [0.2, 0.25) is 0 Å². The third-order valence-corrected chi connectivity index (χ3v) is 2.70. The molecule has 0 aliphatic carbocycles. The molecular weight excluding hydrogens is 230 g/mol. The van der Waals surface area contributed by atoms with Crippen LogP contribution in [0.1, 0.15) is 6.92 Å². The van der Waals surface area contributed by atoms with Crippen LogP contribution in [0.3, 0.4) is 0 Å². The first kappa shape index (κ1) is 16.0. The van der Waals surface area contributed by atoms with Gasteiger partial charge in [-0.1, -0.05) is 0 Å². The van der Waals surface area contributed by atoms with Crippen molar-refractivity contribution in [2.24, 2.45) is 0 Å². The van der Waals surface area contributed by atoms with Crippen molar-refractivity contribution in [3.05, 3.63) is 0 Å². The van der Waals surface area contributed by atoms with Crippen LogP contribution in [0.4, 0.5) is 0 Å². The normalized spacial score (nSPS) is 17.0. The van der Waals surface area contributed by atoms with Gasteiger partial charge in [0.05, 0.1) is 25.4 Å². The van der Waals surface area contributed by atoms with Crippen molar-refractivity contribution in [1.82, 2.24) is 5.32 Å². The first-order valence-corrected chi connectivity index (χ1v) is 7.08. The maximum absolute atomic E-state index is 10.7. The van der Waals surface area contributed by atoms with E-state index >= 15 is 0 Å². The number of aliphatic hydroxyl groups is 1. The summed E-state index contributed by atoms with van der Waals surface area (Å²) < 4.78 is 21.0. The smallest absolute Gasteiger partial charge is 0.0897 e. The van der Waals surface area contributed by atoms with Crippen LogP contribution in [-0.4, -0.2) is 66.9 Å². The molecule has 3 atom stereocenters. The second kappa shape index (κ2) is 10.2. The van der Waals surface area contributed by atoms with Crippen molar-refractivity contribution in [3.63, 3.8) is 0 Å². The molecule has 0 aromatic heterocycles. The lowest BCUT2D eigenvalue weighted by molar-refractivity contribution is -0.0309.